The van der Waals surface area contributed by atoms with Crippen LogP contribution in [0.2, 0.25) is 0 Å². The monoisotopic (exact) mass is 325 g/mol. The number of amides is 1. The zero-order valence-electron chi connectivity index (χ0n) is 12.7. The summed E-state index contributed by atoms with van der Waals surface area (Å²) in [5, 5.41) is 0. The van der Waals surface area contributed by atoms with Gasteiger partial charge in [-0.1, -0.05) is 25.1 Å². The maximum absolute atomic E-state index is 12.3. The molecule has 0 saturated carbocycles. The third-order valence-corrected chi connectivity index (χ3v) is 5.49. The predicted octanol–water partition coefficient (Wildman–Crippen LogP) is 0.551. The quantitative estimate of drug-likeness (QED) is 0.827. The number of nitrogens with two attached hydrogens (primary N) is 1. The first-order chi connectivity index (χ1) is 10.4. The molecule has 0 aromatic heterocycles. The molecule has 1 saturated heterocycles. The number of carbonyl (C=O) groups is 1. The molecule has 122 valence electrons. The van der Waals surface area contributed by atoms with Gasteiger partial charge < -0.3 is 10.6 Å². The van der Waals surface area contributed by atoms with Gasteiger partial charge in [0.15, 0.2) is 0 Å². The Morgan fingerprint density at radius 2 is 1.91 bits per heavy atom. The number of hydrogen-bond donors (Lipinski definition) is 2. The van der Waals surface area contributed by atoms with Crippen LogP contribution in [0.4, 0.5) is 0 Å². The Kier molecular flexibility index (Phi) is 5.55. The van der Waals surface area contributed by atoms with E-state index in [1.165, 1.54) is 0 Å². The van der Waals surface area contributed by atoms with E-state index in [4.69, 9.17) is 5.73 Å². The van der Waals surface area contributed by atoms with Crippen LogP contribution in [-0.2, 0) is 14.8 Å². The molecular weight excluding hydrogens is 302 g/mol. The van der Waals surface area contributed by atoms with Crippen molar-refractivity contribution in [3.63, 3.8) is 0 Å². The normalized spacial score (nSPS) is 18.2. The maximum atomic E-state index is 12.3. The number of sulfonamides is 1. The van der Waals surface area contributed by atoms with E-state index in [0.29, 0.717) is 32.5 Å². The van der Waals surface area contributed by atoms with Crippen LogP contribution in [0.25, 0.3) is 0 Å². The fourth-order valence-electron chi connectivity index (χ4n) is 2.52. The molecule has 0 aliphatic carbocycles. The molecule has 1 amide bonds. The average molecular weight is 325 g/mol. The molecule has 7 heteroatoms. The smallest absolute Gasteiger partial charge is 0.240 e. The summed E-state index contributed by atoms with van der Waals surface area (Å²) in [4.78, 5) is 14.1. The van der Waals surface area contributed by atoms with E-state index in [1.807, 2.05) is 6.92 Å². The summed E-state index contributed by atoms with van der Waals surface area (Å²) in [6.07, 6.45) is 1.24. The number of piperidine rings is 1. The summed E-state index contributed by atoms with van der Waals surface area (Å²) in [5.41, 5.74) is 5.52. The highest BCUT2D eigenvalue weighted by Crippen LogP contribution is 2.16. The molecule has 1 aromatic carbocycles. The second-order valence-corrected chi connectivity index (χ2v) is 7.38. The van der Waals surface area contributed by atoms with Crippen LogP contribution >= 0.6 is 0 Å². The Balaban J connectivity index is 1.92. The lowest BCUT2D eigenvalue weighted by Crippen LogP contribution is -2.48. The number of carbonyl (C=O) groups excluding carboxylic acids is 1. The van der Waals surface area contributed by atoms with E-state index in [1.54, 1.807) is 35.2 Å². The van der Waals surface area contributed by atoms with Crippen LogP contribution in [0.5, 0.6) is 0 Å². The van der Waals surface area contributed by atoms with Crippen molar-refractivity contribution < 1.29 is 13.2 Å². The van der Waals surface area contributed by atoms with Gasteiger partial charge in [0.05, 0.1) is 4.90 Å². The second kappa shape index (κ2) is 7.21. The van der Waals surface area contributed by atoms with E-state index < -0.39 is 10.0 Å². The van der Waals surface area contributed by atoms with Crippen molar-refractivity contribution in [2.75, 3.05) is 19.6 Å². The molecule has 1 fully saturated rings. The zero-order chi connectivity index (χ0) is 16.2. The number of rotatable bonds is 5. The highest BCUT2D eigenvalue weighted by atomic mass is 32.2. The number of nitrogens with one attached hydrogen (secondary N) is 1. The minimum Gasteiger partial charge on any atom is -0.342 e. The van der Waals surface area contributed by atoms with E-state index in [-0.39, 0.29) is 22.8 Å². The highest BCUT2D eigenvalue weighted by Gasteiger charge is 2.28. The van der Waals surface area contributed by atoms with Crippen LogP contribution in [-0.4, -0.2) is 44.9 Å². The third kappa shape index (κ3) is 4.06. The molecule has 3 N–H and O–H groups in total. The van der Waals surface area contributed by atoms with E-state index in [0.717, 1.165) is 0 Å². The summed E-state index contributed by atoms with van der Waals surface area (Å²) >= 11 is 0. The van der Waals surface area contributed by atoms with Gasteiger partial charge in [0.25, 0.3) is 0 Å². The summed E-state index contributed by atoms with van der Waals surface area (Å²) in [6, 6.07) is 8.19. The largest absolute Gasteiger partial charge is 0.342 e. The summed E-state index contributed by atoms with van der Waals surface area (Å²) in [5.74, 6) is -0.135. The van der Waals surface area contributed by atoms with Crippen molar-refractivity contribution >= 4 is 15.9 Å². The van der Waals surface area contributed by atoms with E-state index in [9.17, 15) is 13.2 Å². The van der Waals surface area contributed by atoms with Crippen molar-refractivity contribution in [2.45, 2.75) is 30.7 Å². The fourth-order valence-corrected chi connectivity index (χ4v) is 3.84. The molecule has 1 unspecified atom stereocenters. The number of benzene rings is 1. The first-order valence-electron chi connectivity index (χ1n) is 7.50. The lowest BCUT2D eigenvalue weighted by Gasteiger charge is -2.33. The van der Waals surface area contributed by atoms with Crippen molar-refractivity contribution in [2.24, 2.45) is 11.7 Å². The fraction of sp³-hybridized carbons (Fsp3) is 0.533. The molecule has 1 aliphatic rings. The van der Waals surface area contributed by atoms with E-state index >= 15 is 0 Å². The molecular formula is C15H23N3O3S. The minimum atomic E-state index is -3.49. The molecule has 0 radical (unpaired) electrons. The average Bonchev–Trinajstić information content (AvgIpc) is 2.54. The Morgan fingerprint density at radius 3 is 2.45 bits per heavy atom. The number of hydrogen-bond acceptors (Lipinski definition) is 4. The number of likely N-dealkylation sites (tertiary alicyclic amines) is 1. The minimum absolute atomic E-state index is 0.0480. The Labute approximate surface area is 131 Å². The zero-order valence-corrected chi connectivity index (χ0v) is 13.6. The van der Waals surface area contributed by atoms with Gasteiger partial charge in [-0.25, -0.2) is 13.1 Å². The van der Waals surface area contributed by atoms with Gasteiger partial charge in [-0.2, -0.15) is 0 Å². The standard InChI is InChI=1S/C15H23N3O3S/c1-12(11-16)15(19)18-9-7-13(8-10-18)17-22(20,21)14-5-3-2-4-6-14/h2-6,12-13,17H,7-11,16H2,1H3. The molecule has 0 bridgehead atoms. The van der Waals surface area contributed by atoms with Gasteiger partial charge in [-0.05, 0) is 25.0 Å². The summed E-state index contributed by atoms with van der Waals surface area (Å²) in [6.45, 7) is 3.27. The van der Waals surface area contributed by atoms with Crippen LogP contribution in [0, 0.1) is 5.92 Å². The summed E-state index contributed by atoms with van der Waals surface area (Å²) in [7, 11) is -3.49. The molecule has 1 heterocycles. The Hall–Kier alpha value is -1.44. The molecule has 1 atom stereocenters. The van der Waals surface area contributed by atoms with Crippen LogP contribution in [0.1, 0.15) is 19.8 Å². The van der Waals surface area contributed by atoms with Crippen molar-refractivity contribution in [3.8, 4) is 0 Å². The Morgan fingerprint density at radius 1 is 1.32 bits per heavy atom. The molecule has 0 spiro atoms. The highest BCUT2D eigenvalue weighted by molar-refractivity contribution is 7.89. The molecule has 2 rings (SSSR count). The molecule has 6 nitrogen and oxygen atoms in total. The molecule has 1 aliphatic heterocycles. The molecule has 22 heavy (non-hydrogen) atoms. The van der Waals surface area contributed by atoms with E-state index in [2.05, 4.69) is 4.72 Å². The Bertz CT molecular complexity index is 596. The first kappa shape index (κ1) is 16.9. The van der Waals surface area contributed by atoms with Crippen LogP contribution in [0.3, 0.4) is 0 Å². The van der Waals surface area contributed by atoms with Gasteiger partial charge in [-0.3, -0.25) is 4.79 Å². The molecule has 1 aromatic rings. The van der Waals surface area contributed by atoms with Crippen LogP contribution < -0.4 is 10.5 Å². The van der Waals surface area contributed by atoms with Gasteiger partial charge >= 0.3 is 0 Å². The lowest BCUT2D eigenvalue weighted by atomic mass is 10.0. The summed E-state index contributed by atoms with van der Waals surface area (Å²) < 4.78 is 27.2. The second-order valence-electron chi connectivity index (χ2n) is 5.67. The van der Waals surface area contributed by atoms with Gasteiger partial charge in [0.2, 0.25) is 15.9 Å². The van der Waals surface area contributed by atoms with Crippen molar-refractivity contribution in [1.82, 2.24) is 9.62 Å². The lowest BCUT2D eigenvalue weighted by molar-refractivity contribution is -0.135. The first-order valence-corrected chi connectivity index (χ1v) is 8.98. The third-order valence-electron chi connectivity index (χ3n) is 3.96. The predicted molar refractivity (Wildman–Crippen MR) is 84.6 cm³/mol. The van der Waals surface area contributed by atoms with Crippen LogP contribution in [0.15, 0.2) is 35.2 Å². The topological polar surface area (TPSA) is 92.5 Å². The van der Waals surface area contributed by atoms with Gasteiger partial charge in [-0.15, -0.1) is 0 Å². The van der Waals surface area contributed by atoms with Crippen molar-refractivity contribution in [1.29, 1.82) is 0 Å². The number of nitrogens with zero attached hydrogens (tertiary/aromatic N) is 1. The van der Waals surface area contributed by atoms with Gasteiger partial charge in [0.1, 0.15) is 0 Å². The SMILES string of the molecule is CC(CN)C(=O)N1CCC(NS(=O)(=O)c2ccccc2)CC1. The van der Waals surface area contributed by atoms with Gasteiger partial charge in [0, 0.05) is 31.6 Å². The van der Waals surface area contributed by atoms with Crippen molar-refractivity contribution in [3.05, 3.63) is 30.3 Å². The maximum Gasteiger partial charge on any atom is 0.240 e.